The zero-order valence-corrected chi connectivity index (χ0v) is 13.3. The molecule has 20 heavy (non-hydrogen) atoms. The van der Waals surface area contributed by atoms with E-state index in [4.69, 9.17) is 11.6 Å². The first-order chi connectivity index (χ1) is 9.40. The Balaban J connectivity index is 2.50. The molecule has 1 heterocycles. The van der Waals surface area contributed by atoms with E-state index in [1.807, 2.05) is 22.6 Å². The van der Waals surface area contributed by atoms with E-state index in [1.165, 1.54) is 29.0 Å². The first kappa shape index (κ1) is 14.9. The number of aryl methyl sites for hydroxylation is 1. The maximum atomic E-state index is 12.1. The lowest BCUT2D eigenvalue weighted by molar-refractivity contribution is -0.384. The van der Waals surface area contributed by atoms with Crippen LogP contribution >= 0.6 is 34.2 Å². The molecule has 1 aromatic heterocycles. The topological polar surface area (TPSA) is 78.0 Å². The van der Waals surface area contributed by atoms with Crippen LogP contribution in [0.25, 0.3) is 0 Å². The summed E-state index contributed by atoms with van der Waals surface area (Å²) in [6, 6.07) is 4.15. The maximum absolute atomic E-state index is 12.1. The number of halogens is 2. The van der Waals surface area contributed by atoms with Crippen molar-refractivity contribution in [3.05, 3.63) is 64.8 Å². The van der Waals surface area contributed by atoms with Gasteiger partial charge in [0.2, 0.25) is 0 Å². The van der Waals surface area contributed by atoms with Crippen LogP contribution in [0.1, 0.15) is 11.4 Å². The molecular formula is C12H9ClIN3O3. The average molecular weight is 406 g/mol. The predicted octanol–water partition coefficient (Wildman–Crippen LogP) is 2.77. The number of aromatic nitrogens is 2. The summed E-state index contributed by atoms with van der Waals surface area (Å²) in [5.74, 6) is 0.526. The Morgan fingerprint density at radius 2 is 2.20 bits per heavy atom. The second kappa shape index (κ2) is 5.88. The van der Waals surface area contributed by atoms with E-state index in [-0.39, 0.29) is 17.8 Å². The van der Waals surface area contributed by atoms with Crippen molar-refractivity contribution in [3.63, 3.8) is 0 Å². The van der Waals surface area contributed by atoms with Crippen molar-refractivity contribution in [1.29, 1.82) is 0 Å². The summed E-state index contributed by atoms with van der Waals surface area (Å²) in [6.45, 7) is 1.84. The molecule has 6 nitrogen and oxygen atoms in total. The molecule has 0 unspecified atom stereocenters. The number of rotatable bonds is 3. The SMILES string of the molecule is Cc1ncc(I)c(=O)n1Cc1cc([N+](=O)[O-])ccc1Cl. The Morgan fingerprint density at radius 1 is 1.50 bits per heavy atom. The molecule has 1 aromatic carbocycles. The fourth-order valence-electron chi connectivity index (χ4n) is 1.70. The Labute approximate surface area is 132 Å². The lowest BCUT2D eigenvalue weighted by Gasteiger charge is -2.10. The van der Waals surface area contributed by atoms with Crippen LogP contribution in [0, 0.1) is 20.6 Å². The molecule has 0 saturated carbocycles. The van der Waals surface area contributed by atoms with Gasteiger partial charge in [0.15, 0.2) is 0 Å². The van der Waals surface area contributed by atoms with Gasteiger partial charge in [0.1, 0.15) is 5.82 Å². The molecule has 0 N–H and O–H groups in total. The Bertz CT molecular complexity index is 745. The van der Waals surface area contributed by atoms with Crippen molar-refractivity contribution in [2.45, 2.75) is 13.5 Å². The fourth-order valence-corrected chi connectivity index (χ4v) is 2.31. The number of nitro benzene ring substituents is 1. The molecule has 2 aromatic rings. The summed E-state index contributed by atoms with van der Waals surface area (Å²) in [7, 11) is 0. The summed E-state index contributed by atoms with van der Waals surface area (Å²) >= 11 is 7.93. The molecule has 104 valence electrons. The molecule has 0 aliphatic rings. The van der Waals surface area contributed by atoms with Crippen molar-refractivity contribution in [2.24, 2.45) is 0 Å². The van der Waals surface area contributed by atoms with Crippen LogP contribution in [-0.2, 0) is 6.54 Å². The summed E-state index contributed by atoms with van der Waals surface area (Å²) in [4.78, 5) is 26.5. The van der Waals surface area contributed by atoms with Gasteiger partial charge in [-0.25, -0.2) is 4.98 Å². The first-order valence-electron chi connectivity index (χ1n) is 5.55. The molecule has 0 amide bonds. The minimum absolute atomic E-state index is 0.0614. The fraction of sp³-hybridized carbons (Fsp3) is 0.167. The summed E-state index contributed by atoms with van der Waals surface area (Å²) < 4.78 is 1.92. The van der Waals surface area contributed by atoms with Crippen molar-refractivity contribution in [2.75, 3.05) is 0 Å². The minimum Gasteiger partial charge on any atom is -0.291 e. The van der Waals surface area contributed by atoms with Gasteiger partial charge in [-0.2, -0.15) is 0 Å². The molecule has 0 bridgehead atoms. The van der Waals surface area contributed by atoms with E-state index < -0.39 is 4.92 Å². The van der Waals surface area contributed by atoms with Gasteiger partial charge in [-0.05, 0) is 41.1 Å². The molecular weight excluding hydrogens is 397 g/mol. The summed E-state index contributed by atoms with van der Waals surface area (Å²) in [5.41, 5.74) is 0.254. The van der Waals surface area contributed by atoms with Gasteiger partial charge in [-0.3, -0.25) is 19.5 Å². The highest BCUT2D eigenvalue weighted by Gasteiger charge is 2.12. The Kier molecular flexibility index (Phi) is 4.39. The molecule has 2 rings (SSSR count). The lowest BCUT2D eigenvalue weighted by atomic mass is 10.2. The van der Waals surface area contributed by atoms with E-state index in [9.17, 15) is 14.9 Å². The van der Waals surface area contributed by atoms with E-state index >= 15 is 0 Å². The molecule has 0 aliphatic carbocycles. The summed E-state index contributed by atoms with van der Waals surface area (Å²) in [5, 5.41) is 11.2. The van der Waals surface area contributed by atoms with E-state index in [2.05, 4.69) is 4.98 Å². The minimum atomic E-state index is -0.498. The first-order valence-corrected chi connectivity index (χ1v) is 7.00. The van der Waals surface area contributed by atoms with Crippen LogP contribution in [0.4, 0.5) is 5.69 Å². The third-order valence-corrected chi connectivity index (χ3v) is 3.88. The smallest absolute Gasteiger partial charge is 0.269 e. The van der Waals surface area contributed by atoms with Crippen molar-refractivity contribution < 1.29 is 4.92 Å². The molecule has 0 saturated heterocycles. The lowest BCUT2D eigenvalue weighted by Crippen LogP contribution is -2.26. The molecule has 0 atom stereocenters. The highest BCUT2D eigenvalue weighted by atomic mass is 127. The highest BCUT2D eigenvalue weighted by molar-refractivity contribution is 14.1. The number of hydrogen-bond acceptors (Lipinski definition) is 4. The zero-order chi connectivity index (χ0) is 14.9. The van der Waals surface area contributed by atoms with E-state index in [1.54, 1.807) is 6.92 Å². The van der Waals surface area contributed by atoms with Crippen LogP contribution in [0.3, 0.4) is 0 Å². The van der Waals surface area contributed by atoms with Gasteiger partial charge in [-0.15, -0.1) is 0 Å². The molecule has 0 fully saturated rings. The molecule has 0 aliphatic heterocycles. The van der Waals surface area contributed by atoms with Crippen LogP contribution in [0.15, 0.2) is 29.2 Å². The monoisotopic (exact) mass is 405 g/mol. The largest absolute Gasteiger partial charge is 0.291 e. The number of hydrogen-bond donors (Lipinski definition) is 0. The quantitative estimate of drug-likeness (QED) is 0.447. The highest BCUT2D eigenvalue weighted by Crippen LogP contribution is 2.22. The normalized spacial score (nSPS) is 10.6. The third-order valence-electron chi connectivity index (χ3n) is 2.77. The van der Waals surface area contributed by atoms with Gasteiger partial charge < -0.3 is 0 Å². The predicted molar refractivity (Wildman–Crippen MR) is 83.2 cm³/mol. The number of non-ortho nitro benzene ring substituents is 1. The van der Waals surface area contributed by atoms with Gasteiger partial charge >= 0.3 is 0 Å². The van der Waals surface area contributed by atoms with Crippen LogP contribution in [0.5, 0.6) is 0 Å². The second-order valence-corrected chi connectivity index (χ2v) is 5.65. The van der Waals surface area contributed by atoms with Gasteiger partial charge in [0.05, 0.1) is 15.0 Å². The van der Waals surface area contributed by atoms with Gasteiger partial charge in [0, 0.05) is 23.4 Å². The number of benzene rings is 1. The van der Waals surface area contributed by atoms with Crippen molar-refractivity contribution in [1.82, 2.24) is 9.55 Å². The Hall–Kier alpha value is -1.48. The average Bonchev–Trinajstić information content (AvgIpc) is 2.41. The van der Waals surface area contributed by atoms with Gasteiger partial charge in [-0.1, -0.05) is 11.6 Å². The van der Waals surface area contributed by atoms with E-state index in [0.717, 1.165) is 0 Å². The van der Waals surface area contributed by atoms with Crippen LogP contribution in [-0.4, -0.2) is 14.5 Å². The van der Waals surface area contributed by atoms with E-state index in [0.29, 0.717) is 20.0 Å². The van der Waals surface area contributed by atoms with Crippen molar-refractivity contribution >= 4 is 39.9 Å². The van der Waals surface area contributed by atoms with Crippen LogP contribution in [0.2, 0.25) is 5.02 Å². The second-order valence-electron chi connectivity index (χ2n) is 4.08. The zero-order valence-electron chi connectivity index (χ0n) is 10.3. The maximum Gasteiger partial charge on any atom is 0.269 e. The molecule has 0 radical (unpaired) electrons. The third kappa shape index (κ3) is 2.98. The van der Waals surface area contributed by atoms with Crippen molar-refractivity contribution in [3.8, 4) is 0 Å². The Morgan fingerprint density at radius 3 is 2.85 bits per heavy atom. The standard InChI is InChI=1S/C12H9ClIN3O3/c1-7-15-5-11(14)12(18)16(7)6-8-4-9(17(19)20)2-3-10(8)13/h2-5H,6H2,1H3. The van der Waals surface area contributed by atoms with Crippen LogP contribution < -0.4 is 5.56 Å². The molecule has 0 spiro atoms. The summed E-state index contributed by atoms with van der Waals surface area (Å²) in [6.07, 6.45) is 1.49. The van der Waals surface area contributed by atoms with Gasteiger partial charge in [0.25, 0.3) is 11.2 Å². The number of nitro groups is 1. The molecule has 8 heteroatoms. The number of nitrogens with zero attached hydrogens (tertiary/aromatic N) is 3.